The molecule has 0 saturated heterocycles. The van der Waals surface area contributed by atoms with Crippen LogP contribution in [0.5, 0.6) is 0 Å². The number of hydrogen-bond donors (Lipinski definition) is 2. The molecule has 2 nitrogen and oxygen atoms in total. The molecule has 0 aliphatic heterocycles. The molecular weight excluding hydrogens is 414 g/mol. The maximum Gasteiger partial charge on any atom is 0.126 e. The summed E-state index contributed by atoms with van der Waals surface area (Å²) < 4.78 is 26.4. The zero-order valence-corrected chi connectivity index (χ0v) is 21.8. The number of benzene rings is 1. The van der Waals surface area contributed by atoms with Crippen LogP contribution in [-0.4, -0.2) is 6.54 Å². The van der Waals surface area contributed by atoms with E-state index in [-0.39, 0.29) is 5.92 Å². The Kier molecular flexibility index (Phi) is 17.8. The van der Waals surface area contributed by atoms with E-state index in [1.807, 2.05) is 6.92 Å². The third-order valence-electron chi connectivity index (χ3n) is 6.42. The van der Waals surface area contributed by atoms with Gasteiger partial charge in [-0.2, -0.15) is 0 Å². The van der Waals surface area contributed by atoms with Crippen LogP contribution in [0.2, 0.25) is 0 Å². The fourth-order valence-corrected chi connectivity index (χ4v) is 4.34. The monoisotopic (exact) mass is 464 g/mol. The van der Waals surface area contributed by atoms with Crippen LogP contribution in [-0.2, 0) is 0 Å². The Labute approximate surface area is 202 Å². The first kappa shape index (κ1) is 31.3. The lowest BCUT2D eigenvalue weighted by Crippen LogP contribution is -2.08. The summed E-state index contributed by atoms with van der Waals surface area (Å²) in [6, 6.07) is 3.75. The summed E-state index contributed by atoms with van der Waals surface area (Å²) in [6.07, 6.45) is 12.7. The van der Waals surface area contributed by atoms with Gasteiger partial charge in [0, 0.05) is 18.3 Å². The first-order valence-electron chi connectivity index (χ1n) is 12.9. The molecule has 0 amide bonds. The lowest BCUT2D eigenvalue weighted by atomic mass is 9.87. The Morgan fingerprint density at radius 2 is 1.45 bits per heavy atom. The predicted octanol–water partition coefficient (Wildman–Crippen LogP) is 8.63. The molecule has 190 valence electrons. The van der Waals surface area contributed by atoms with Crippen molar-refractivity contribution in [3.8, 4) is 0 Å². The molecule has 0 aliphatic carbocycles. The van der Waals surface area contributed by atoms with E-state index in [1.54, 1.807) is 0 Å². The van der Waals surface area contributed by atoms with Crippen molar-refractivity contribution in [1.29, 1.82) is 0 Å². The zero-order chi connectivity index (χ0) is 25.2. The molecule has 0 fully saturated rings. The number of hydrogen-bond acceptors (Lipinski definition) is 2. The Bertz CT molecular complexity index is 651. The van der Waals surface area contributed by atoms with Gasteiger partial charge in [-0.1, -0.05) is 85.0 Å². The van der Waals surface area contributed by atoms with Gasteiger partial charge in [0.2, 0.25) is 0 Å². The molecule has 0 radical (unpaired) electrons. The van der Waals surface area contributed by atoms with Crippen molar-refractivity contribution in [3.63, 3.8) is 0 Å². The average molecular weight is 465 g/mol. The summed E-state index contributed by atoms with van der Waals surface area (Å²) in [5, 5.41) is 0. The maximum atomic E-state index is 13.2. The van der Waals surface area contributed by atoms with E-state index in [2.05, 4.69) is 33.9 Å². The summed E-state index contributed by atoms with van der Waals surface area (Å²) in [4.78, 5) is 0. The van der Waals surface area contributed by atoms with Crippen molar-refractivity contribution < 1.29 is 8.78 Å². The predicted molar refractivity (Wildman–Crippen MR) is 141 cm³/mol. The highest BCUT2D eigenvalue weighted by Crippen LogP contribution is 2.28. The molecule has 4 N–H and O–H groups in total. The van der Waals surface area contributed by atoms with Gasteiger partial charge in [0.05, 0.1) is 0 Å². The average Bonchev–Trinajstić information content (AvgIpc) is 2.76. The lowest BCUT2D eigenvalue weighted by Gasteiger charge is -2.19. The van der Waals surface area contributed by atoms with E-state index in [0.29, 0.717) is 18.2 Å². The molecule has 33 heavy (non-hydrogen) atoms. The summed E-state index contributed by atoms with van der Waals surface area (Å²) >= 11 is 0. The van der Waals surface area contributed by atoms with E-state index in [9.17, 15) is 8.78 Å². The zero-order valence-electron chi connectivity index (χ0n) is 21.8. The highest BCUT2D eigenvalue weighted by Gasteiger charge is 2.13. The van der Waals surface area contributed by atoms with Gasteiger partial charge in [-0.15, -0.1) is 0 Å². The van der Waals surface area contributed by atoms with Crippen LogP contribution in [0, 0.1) is 23.5 Å². The minimum absolute atomic E-state index is 0.144. The maximum absolute atomic E-state index is 13.2. The fourth-order valence-electron chi connectivity index (χ4n) is 4.34. The second-order valence-electron chi connectivity index (χ2n) is 9.61. The van der Waals surface area contributed by atoms with Crippen LogP contribution in [0.1, 0.15) is 110 Å². The minimum Gasteiger partial charge on any atom is -0.403 e. The Morgan fingerprint density at radius 1 is 0.879 bits per heavy atom. The molecule has 1 aromatic rings. The van der Waals surface area contributed by atoms with Gasteiger partial charge in [0.15, 0.2) is 0 Å². The van der Waals surface area contributed by atoms with Crippen molar-refractivity contribution in [2.75, 3.05) is 6.54 Å². The molecule has 0 aliphatic rings. The van der Waals surface area contributed by atoms with E-state index in [1.165, 1.54) is 49.8 Å². The minimum atomic E-state index is -0.507. The smallest absolute Gasteiger partial charge is 0.126 e. The van der Waals surface area contributed by atoms with Gasteiger partial charge in [0.1, 0.15) is 11.6 Å². The highest BCUT2D eigenvalue weighted by atomic mass is 19.1. The lowest BCUT2D eigenvalue weighted by molar-refractivity contribution is 0.411. The van der Waals surface area contributed by atoms with Crippen molar-refractivity contribution in [1.82, 2.24) is 0 Å². The summed E-state index contributed by atoms with van der Waals surface area (Å²) in [5.74, 6) is 0.569. The van der Waals surface area contributed by atoms with Crippen LogP contribution in [0.15, 0.2) is 42.6 Å². The van der Waals surface area contributed by atoms with Crippen LogP contribution < -0.4 is 11.5 Å². The topological polar surface area (TPSA) is 52.0 Å². The molecule has 0 heterocycles. The van der Waals surface area contributed by atoms with Gasteiger partial charge in [-0.25, -0.2) is 8.78 Å². The molecular formula is C29H50F2N2. The van der Waals surface area contributed by atoms with Gasteiger partial charge >= 0.3 is 0 Å². The normalized spacial score (nSPS) is 13.5. The third-order valence-corrected chi connectivity index (χ3v) is 6.42. The Morgan fingerprint density at radius 3 is 1.94 bits per heavy atom. The second-order valence-corrected chi connectivity index (χ2v) is 9.61. The molecule has 1 rings (SSSR count). The van der Waals surface area contributed by atoms with Crippen molar-refractivity contribution in [3.05, 3.63) is 59.8 Å². The standard InChI is InChI=1S/C17H25F2N.C12H25N/c1-4-5-14(8-13(3)20)7-6-12(2)15-9-16(18)11-17(19)10-15;1-4-7-12(5-2)9-6-8-11(3)10-13/h9-12,14H,3-8,20H2,1-2H3;12H,3-10,13H2,1-2H3. The van der Waals surface area contributed by atoms with E-state index >= 15 is 0 Å². The summed E-state index contributed by atoms with van der Waals surface area (Å²) in [6.45, 7) is 17.1. The van der Waals surface area contributed by atoms with Gasteiger partial charge in [0.25, 0.3) is 0 Å². The first-order chi connectivity index (χ1) is 15.7. The summed E-state index contributed by atoms with van der Waals surface area (Å²) in [5.41, 5.74) is 13.8. The molecule has 3 unspecified atom stereocenters. The third kappa shape index (κ3) is 15.7. The number of nitrogens with two attached hydrogens (primary N) is 2. The Balaban J connectivity index is 0.000000684. The largest absolute Gasteiger partial charge is 0.403 e. The molecule has 0 saturated carbocycles. The fraction of sp³-hybridized carbons (Fsp3) is 0.655. The second kappa shape index (κ2) is 18.7. The van der Waals surface area contributed by atoms with Crippen LogP contribution in [0.3, 0.4) is 0 Å². The van der Waals surface area contributed by atoms with Gasteiger partial charge in [-0.05, 0) is 67.6 Å². The van der Waals surface area contributed by atoms with Crippen LogP contribution >= 0.6 is 0 Å². The van der Waals surface area contributed by atoms with E-state index < -0.39 is 11.6 Å². The van der Waals surface area contributed by atoms with Crippen LogP contribution in [0.4, 0.5) is 8.78 Å². The van der Waals surface area contributed by atoms with Gasteiger partial charge in [-0.3, -0.25) is 0 Å². The molecule has 0 spiro atoms. The van der Waals surface area contributed by atoms with Crippen molar-refractivity contribution in [2.24, 2.45) is 23.3 Å². The Hall–Kier alpha value is -1.68. The number of rotatable bonds is 16. The van der Waals surface area contributed by atoms with Crippen LogP contribution in [0.25, 0.3) is 0 Å². The van der Waals surface area contributed by atoms with Gasteiger partial charge < -0.3 is 11.5 Å². The van der Waals surface area contributed by atoms with E-state index in [4.69, 9.17) is 11.5 Å². The van der Waals surface area contributed by atoms with Crippen molar-refractivity contribution >= 4 is 0 Å². The molecule has 3 atom stereocenters. The number of allylic oxidation sites excluding steroid dienone is 1. The first-order valence-corrected chi connectivity index (χ1v) is 12.9. The number of halogens is 2. The van der Waals surface area contributed by atoms with Crippen molar-refractivity contribution in [2.45, 2.75) is 104 Å². The summed E-state index contributed by atoms with van der Waals surface area (Å²) in [7, 11) is 0. The molecule has 4 heteroatoms. The quantitative estimate of drug-likeness (QED) is 0.241. The van der Waals surface area contributed by atoms with E-state index in [0.717, 1.165) is 56.1 Å². The molecule has 1 aromatic carbocycles. The highest BCUT2D eigenvalue weighted by molar-refractivity contribution is 5.21. The SMILES string of the molecule is C=C(CN)CCCC(CC)CCC.C=C(N)CC(CCC)CCC(C)c1cc(F)cc(F)c1. The molecule has 0 aromatic heterocycles. The molecule has 0 bridgehead atoms.